The molecule has 2 saturated heterocycles. The number of amides is 2. The van der Waals surface area contributed by atoms with Crippen LogP contribution in [0, 0.1) is 5.92 Å². The lowest BCUT2D eigenvalue weighted by Crippen LogP contribution is -2.51. The number of hydrogen-bond acceptors (Lipinski definition) is 7. The number of benzene rings is 1. The predicted octanol–water partition coefficient (Wildman–Crippen LogP) is 4.78. The highest BCUT2D eigenvalue weighted by Gasteiger charge is 2.37. The van der Waals surface area contributed by atoms with Crippen molar-refractivity contribution in [3.63, 3.8) is 0 Å². The highest BCUT2D eigenvalue weighted by atomic mass is 35.5. The molecule has 0 spiro atoms. The maximum atomic E-state index is 13.2. The lowest BCUT2D eigenvalue weighted by atomic mass is 9.95. The summed E-state index contributed by atoms with van der Waals surface area (Å²) < 4.78 is 11.1. The molecule has 200 valence electrons. The fourth-order valence-corrected chi connectivity index (χ4v) is 6.01. The molecule has 0 bridgehead atoms. The van der Waals surface area contributed by atoms with Gasteiger partial charge in [0.15, 0.2) is 5.60 Å². The summed E-state index contributed by atoms with van der Waals surface area (Å²) in [5, 5.41) is 3.23. The first kappa shape index (κ1) is 27.4. The lowest BCUT2D eigenvalue weighted by molar-refractivity contribution is -0.149. The van der Waals surface area contributed by atoms with Crippen molar-refractivity contribution < 1.29 is 23.9 Å². The summed E-state index contributed by atoms with van der Waals surface area (Å²) in [5.41, 5.74) is -0.582. The number of carbonyl (C=O) groups excluding carboxylic acids is 3. The summed E-state index contributed by atoms with van der Waals surface area (Å²) in [6, 6.07) is 7.14. The van der Waals surface area contributed by atoms with Gasteiger partial charge in [0.25, 0.3) is 11.8 Å². The van der Waals surface area contributed by atoms with E-state index in [2.05, 4.69) is 4.98 Å². The molecule has 2 fully saturated rings. The highest BCUT2D eigenvalue weighted by Crippen LogP contribution is 2.33. The largest absolute Gasteiger partial charge is 0.476 e. The van der Waals surface area contributed by atoms with Gasteiger partial charge in [-0.3, -0.25) is 14.4 Å². The average Bonchev–Trinajstić information content (AvgIpc) is 3.40. The molecular weight excluding hydrogens is 514 g/mol. The quantitative estimate of drug-likeness (QED) is 0.464. The second-order valence-corrected chi connectivity index (χ2v) is 11.3. The van der Waals surface area contributed by atoms with Gasteiger partial charge < -0.3 is 19.3 Å². The first-order valence-electron chi connectivity index (χ1n) is 12.8. The number of nitrogens with zero attached hydrogens (tertiary/aromatic N) is 3. The van der Waals surface area contributed by atoms with E-state index >= 15 is 0 Å². The summed E-state index contributed by atoms with van der Waals surface area (Å²) in [5.74, 6) is 0.223. The Morgan fingerprint density at radius 1 is 1.05 bits per heavy atom. The number of para-hydroxylation sites is 1. The Bertz CT molecular complexity index is 1120. The van der Waals surface area contributed by atoms with Gasteiger partial charge in [0, 0.05) is 37.5 Å². The minimum absolute atomic E-state index is 0.0768. The van der Waals surface area contributed by atoms with Crippen molar-refractivity contribution in [3.8, 4) is 5.75 Å². The van der Waals surface area contributed by atoms with Crippen molar-refractivity contribution in [2.24, 2.45) is 5.92 Å². The number of aromatic nitrogens is 1. The number of halogens is 1. The van der Waals surface area contributed by atoms with Crippen molar-refractivity contribution in [1.29, 1.82) is 0 Å². The second kappa shape index (κ2) is 11.8. The van der Waals surface area contributed by atoms with Crippen LogP contribution in [-0.2, 0) is 14.3 Å². The minimum Gasteiger partial charge on any atom is -0.476 e. The molecule has 1 aromatic carbocycles. The Hall–Kier alpha value is -2.65. The van der Waals surface area contributed by atoms with Gasteiger partial charge in [0.05, 0.1) is 22.6 Å². The zero-order chi connectivity index (χ0) is 26.6. The van der Waals surface area contributed by atoms with Crippen LogP contribution < -0.4 is 4.74 Å². The van der Waals surface area contributed by atoms with Crippen LogP contribution in [0.15, 0.2) is 29.6 Å². The van der Waals surface area contributed by atoms with E-state index in [-0.39, 0.29) is 29.6 Å². The van der Waals surface area contributed by atoms with Gasteiger partial charge >= 0.3 is 5.97 Å². The predicted molar refractivity (Wildman–Crippen MR) is 142 cm³/mol. The number of thiazole rings is 1. The molecule has 0 unspecified atom stereocenters. The second-order valence-electron chi connectivity index (χ2n) is 10.00. The Labute approximate surface area is 226 Å². The van der Waals surface area contributed by atoms with E-state index in [4.69, 9.17) is 21.1 Å². The lowest BCUT2D eigenvalue weighted by Gasteiger charge is -2.36. The summed E-state index contributed by atoms with van der Waals surface area (Å²) in [6.07, 6.45) is 2.79. The average molecular weight is 548 g/mol. The van der Waals surface area contributed by atoms with E-state index in [1.807, 2.05) is 22.4 Å². The van der Waals surface area contributed by atoms with Crippen LogP contribution >= 0.6 is 22.9 Å². The number of esters is 1. The third-order valence-corrected chi connectivity index (χ3v) is 8.31. The van der Waals surface area contributed by atoms with Crippen LogP contribution in [-0.4, -0.2) is 71.0 Å². The molecule has 3 heterocycles. The van der Waals surface area contributed by atoms with Crippen LogP contribution in [0.5, 0.6) is 5.75 Å². The van der Waals surface area contributed by atoms with Gasteiger partial charge in [-0.2, -0.15) is 0 Å². The molecule has 0 aliphatic carbocycles. The molecule has 8 nitrogen and oxygen atoms in total. The topological polar surface area (TPSA) is 89.0 Å². The Morgan fingerprint density at radius 2 is 1.70 bits per heavy atom. The normalized spacial score (nSPS) is 17.5. The van der Waals surface area contributed by atoms with Crippen molar-refractivity contribution in [2.45, 2.75) is 58.0 Å². The zero-order valence-electron chi connectivity index (χ0n) is 21.6. The molecule has 0 radical (unpaired) electrons. The van der Waals surface area contributed by atoms with Gasteiger partial charge in [0.1, 0.15) is 11.4 Å². The van der Waals surface area contributed by atoms with E-state index in [1.165, 1.54) is 11.3 Å². The molecule has 2 aromatic rings. The van der Waals surface area contributed by atoms with E-state index < -0.39 is 5.60 Å². The molecule has 2 aliphatic rings. The van der Waals surface area contributed by atoms with Crippen LogP contribution in [0.4, 0.5) is 0 Å². The third-order valence-electron chi connectivity index (χ3n) is 6.99. The van der Waals surface area contributed by atoms with Gasteiger partial charge in [-0.1, -0.05) is 23.7 Å². The van der Waals surface area contributed by atoms with Crippen molar-refractivity contribution in [2.75, 3.05) is 32.8 Å². The highest BCUT2D eigenvalue weighted by molar-refractivity contribution is 7.09. The van der Waals surface area contributed by atoms with E-state index in [1.54, 1.807) is 37.8 Å². The molecule has 0 saturated carbocycles. The van der Waals surface area contributed by atoms with Crippen molar-refractivity contribution in [3.05, 3.63) is 45.4 Å². The molecular formula is C27H34ClN3O5S. The maximum Gasteiger partial charge on any atom is 0.309 e. The van der Waals surface area contributed by atoms with Gasteiger partial charge in [0.2, 0.25) is 0 Å². The Morgan fingerprint density at radius 3 is 2.35 bits per heavy atom. The first-order chi connectivity index (χ1) is 17.7. The SMILES string of the molecule is CCOC(=O)C1CCN(C(=O)c2csc(C3CCN(C(=O)C(C)(C)Oc4ccccc4Cl)CC3)n2)CC1. The molecule has 1 aromatic heterocycles. The Kier molecular flexibility index (Phi) is 8.75. The molecule has 4 rings (SSSR count). The molecule has 0 atom stereocenters. The first-order valence-corrected chi connectivity index (χ1v) is 14.1. The van der Waals surface area contributed by atoms with Crippen LogP contribution in [0.3, 0.4) is 0 Å². The van der Waals surface area contributed by atoms with Crippen molar-refractivity contribution >= 4 is 40.7 Å². The third kappa shape index (κ3) is 6.44. The standard InChI is InChI=1S/C27H34ClN3O5S/c1-4-35-25(33)19-11-13-30(14-12-19)24(32)21-17-37-23(29-21)18-9-15-31(16-10-18)26(34)27(2,3)36-22-8-6-5-7-20(22)28/h5-8,17-19H,4,9-16H2,1-3H3. The van der Waals surface area contributed by atoms with Gasteiger partial charge in [-0.05, 0) is 58.6 Å². The molecule has 37 heavy (non-hydrogen) atoms. The van der Waals surface area contributed by atoms with E-state index in [0.29, 0.717) is 62.1 Å². The maximum absolute atomic E-state index is 13.2. The molecule has 0 N–H and O–H groups in total. The van der Waals surface area contributed by atoms with E-state index in [9.17, 15) is 14.4 Å². The smallest absolute Gasteiger partial charge is 0.309 e. The summed E-state index contributed by atoms with van der Waals surface area (Å²) in [7, 11) is 0. The van der Waals surface area contributed by atoms with Crippen molar-refractivity contribution in [1.82, 2.24) is 14.8 Å². The summed E-state index contributed by atoms with van der Waals surface area (Å²) >= 11 is 7.71. The number of hydrogen-bond donors (Lipinski definition) is 0. The van der Waals surface area contributed by atoms with Crippen LogP contribution in [0.1, 0.15) is 67.9 Å². The van der Waals surface area contributed by atoms with Gasteiger partial charge in [-0.25, -0.2) is 4.98 Å². The van der Waals surface area contributed by atoms with E-state index in [0.717, 1.165) is 17.8 Å². The fourth-order valence-electron chi connectivity index (χ4n) is 4.87. The molecule has 10 heteroatoms. The fraction of sp³-hybridized carbons (Fsp3) is 0.556. The number of likely N-dealkylation sites (tertiary alicyclic amines) is 2. The summed E-state index contributed by atoms with van der Waals surface area (Å²) in [6.45, 7) is 7.96. The monoisotopic (exact) mass is 547 g/mol. The van der Waals surface area contributed by atoms with Gasteiger partial charge in [-0.15, -0.1) is 11.3 Å². The Balaban J connectivity index is 1.29. The summed E-state index contributed by atoms with van der Waals surface area (Å²) in [4.78, 5) is 46.5. The molecule has 2 aliphatic heterocycles. The number of ether oxygens (including phenoxy) is 2. The number of carbonyl (C=O) groups is 3. The molecule has 2 amide bonds. The number of rotatable bonds is 7. The zero-order valence-corrected chi connectivity index (χ0v) is 23.1. The van der Waals surface area contributed by atoms with Crippen LogP contribution in [0.25, 0.3) is 0 Å². The minimum atomic E-state index is -1.04. The van der Waals surface area contributed by atoms with Crippen LogP contribution in [0.2, 0.25) is 5.02 Å². The number of piperidine rings is 2.